The zero-order valence-corrected chi connectivity index (χ0v) is 8.51. The minimum Gasteiger partial charge on any atom is -0.307 e. The Kier molecular flexibility index (Phi) is 2.55. The number of rotatable bonds is 1. The summed E-state index contributed by atoms with van der Waals surface area (Å²) in [4.78, 5) is -1.76. The fourth-order valence-corrected chi connectivity index (χ4v) is 2.14. The lowest BCUT2D eigenvalue weighted by molar-refractivity contribution is 0.418. The van der Waals surface area contributed by atoms with Crippen LogP contribution in [0.25, 0.3) is 0 Å². The van der Waals surface area contributed by atoms with Crippen LogP contribution >= 0.6 is 11.6 Å². The van der Waals surface area contributed by atoms with Gasteiger partial charge in [0.15, 0.2) is 4.87 Å². The molecule has 2 unspecified atom stereocenters. The maximum absolute atomic E-state index is 10.9. The van der Waals surface area contributed by atoms with E-state index in [-0.39, 0.29) is 0 Å². The van der Waals surface area contributed by atoms with E-state index in [4.69, 9.17) is 21.9 Å². The van der Waals surface area contributed by atoms with Gasteiger partial charge in [-0.3, -0.25) is 4.55 Å². The van der Waals surface area contributed by atoms with Crippen LogP contribution < -0.4 is 5.73 Å². The number of halogens is 1. The summed E-state index contributed by atoms with van der Waals surface area (Å²) in [7, 11) is -4.31. The van der Waals surface area contributed by atoms with E-state index in [0.717, 1.165) is 0 Å². The van der Waals surface area contributed by atoms with E-state index in [0.29, 0.717) is 5.03 Å². The van der Waals surface area contributed by atoms with Crippen molar-refractivity contribution in [2.45, 2.75) is 11.8 Å². The quantitative estimate of drug-likeness (QED) is 0.646. The highest BCUT2D eigenvalue weighted by Crippen LogP contribution is 2.29. The van der Waals surface area contributed by atoms with Gasteiger partial charge in [-0.25, -0.2) is 0 Å². The third-order valence-electron chi connectivity index (χ3n) is 2.07. The normalized spacial score (nSPS) is 34.5. The van der Waals surface area contributed by atoms with Gasteiger partial charge in [-0.05, 0) is 12.2 Å². The molecular formula is C7H10ClNO3S. The molecule has 0 spiro atoms. The predicted molar refractivity (Wildman–Crippen MR) is 50.7 cm³/mol. The van der Waals surface area contributed by atoms with Crippen molar-refractivity contribution < 1.29 is 13.0 Å². The smallest absolute Gasteiger partial charge is 0.288 e. The van der Waals surface area contributed by atoms with Gasteiger partial charge >= 0.3 is 0 Å². The van der Waals surface area contributed by atoms with E-state index in [2.05, 4.69) is 0 Å². The van der Waals surface area contributed by atoms with Crippen LogP contribution in [0.2, 0.25) is 0 Å². The van der Waals surface area contributed by atoms with E-state index in [1.807, 2.05) is 0 Å². The SMILES string of the molecule is CC1C=C(Cl)C=CC1(N)S(=O)(=O)O. The summed E-state index contributed by atoms with van der Waals surface area (Å²) in [5.74, 6) is -0.556. The molecule has 1 rings (SSSR count). The first-order valence-corrected chi connectivity index (χ1v) is 5.41. The van der Waals surface area contributed by atoms with Crippen molar-refractivity contribution in [3.05, 3.63) is 23.3 Å². The van der Waals surface area contributed by atoms with E-state index < -0.39 is 20.9 Å². The molecule has 13 heavy (non-hydrogen) atoms. The van der Waals surface area contributed by atoms with Crippen molar-refractivity contribution >= 4 is 21.7 Å². The Bertz CT molecular complexity index is 373. The molecular weight excluding hydrogens is 214 g/mol. The lowest BCUT2D eigenvalue weighted by Gasteiger charge is -2.29. The Labute approximate surface area is 81.8 Å². The molecule has 4 nitrogen and oxygen atoms in total. The van der Waals surface area contributed by atoms with Crippen LogP contribution in [0.5, 0.6) is 0 Å². The van der Waals surface area contributed by atoms with Crippen LogP contribution in [-0.4, -0.2) is 17.8 Å². The molecule has 0 heterocycles. The summed E-state index contributed by atoms with van der Waals surface area (Å²) in [6, 6.07) is 0. The minimum atomic E-state index is -4.31. The highest BCUT2D eigenvalue weighted by Gasteiger charge is 2.42. The molecule has 1 aliphatic carbocycles. The lowest BCUT2D eigenvalue weighted by Crippen LogP contribution is -2.51. The van der Waals surface area contributed by atoms with Gasteiger partial charge in [0.1, 0.15) is 0 Å². The van der Waals surface area contributed by atoms with Crippen molar-refractivity contribution in [1.29, 1.82) is 0 Å². The van der Waals surface area contributed by atoms with Crippen molar-refractivity contribution in [3.8, 4) is 0 Å². The molecule has 0 radical (unpaired) electrons. The average molecular weight is 224 g/mol. The van der Waals surface area contributed by atoms with Gasteiger partial charge in [0.25, 0.3) is 10.1 Å². The molecule has 2 atom stereocenters. The van der Waals surface area contributed by atoms with Gasteiger partial charge in [-0.1, -0.05) is 24.6 Å². The standard InChI is InChI=1S/C7H10ClNO3S/c1-5-4-6(8)2-3-7(5,9)13(10,11)12/h2-5H,9H2,1H3,(H,10,11,12). The minimum absolute atomic E-state index is 0.414. The fourth-order valence-electron chi connectivity index (χ4n) is 1.11. The average Bonchev–Trinajstić information content (AvgIpc) is 1.95. The van der Waals surface area contributed by atoms with Gasteiger partial charge in [-0.15, -0.1) is 0 Å². The zero-order valence-electron chi connectivity index (χ0n) is 6.94. The Morgan fingerprint density at radius 1 is 1.69 bits per heavy atom. The molecule has 0 fully saturated rings. The second-order valence-corrected chi connectivity index (χ2v) is 5.10. The topological polar surface area (TPSA) is 80.4 Å². The molecule has 3 N–H and O–H groups in total. The number of nitrogens with two attached hydrogens (primary N) is 1. The number of hydrogen-bond acceptors (Lipinski definition) is 3. The number of allylic oxidation sites excluding steroid dienone is 2. The highest BCUT2D eigenvalue weighted by molar-refractivity contribution is 7.87. The van der Waals surface area contributed by atoms with Crippen molar-refractivity contribution in [2.24, 2.45) is 11.7 Å². The molecule has 0 aromatic rings. The third kappa shape index (κ3) is 1.78. The van der Waals surface area contributed by atoms with E-state index in [9.17, 15) is 8.42 Å². The Morgan fingerprint density at radius 2 is 2.23 bits per heavy atom. The lowest BCUT2D eigenvalue weighted by atomic mass is 9.97. The Balaban J connectivity index is 3.18. The van der Waals surface area contributed by atoms with Crippen molar-refractivity contribution in [1.82, 2.24) is 0 Å². The first-order valence-electron chi connectivity index (χ1n) is 3.60. The molecule has 0 saturated carbocycles. The van der Waals surface area contributed by atoms with E-state index in [1.54, 1.807) is 6.92 Å². The summed E-state index contributed by atoms with van der Waals surface area (Å²) in [5.41, 5.74) is 5.51. The monoisotopic (exact) mass is 223 g/mol. The second-order valence-electron chi connectivity index (χ2n) is 3.00. The van der Waals surface area contributed by atoms with Gasteiger partial charge in [0.05, 0.1) is 0 Å². The summed E-state index contributed by atoms with van der Waals surface area (Å²) < 4.78 is 30.7. The molecule has 0 saturated heterocycles. The predicted octanol–water partition coefficient (Wildman–Crippen LogP) is 0.858. The molecule has 0 aliphatic heterocycles. The Morgan fingerprint density at radius 3 is 2.62 bits per heavy atom. The second kappa shape index (κ2) is 3.09. The third-order valence-corrected chi connectivity index (χ3v) is 3.72. The molecule has 1 aliphatic rings. The molecule has 0 bridgehead atoms. The zero-order chi connectivity index (χ0) is 10.3. The van der Waals surface area contributed by atoms with Gasteiger partial charge < -0.3 is 5.73 Å². The van der Waals surface area contributed by atoms with E-state index >= 15 is 0 Å². The molecule has 0 amide bonds. The molecule has 0 aromatic heterocycles. The summed E-state index contributed by atoms with van der Waals surface area (Å²) in [6.45, 7) is 1.57. The van der Waals surface area contributed by atoms with Crippen LogP contribution in [0, 0.1) is 5.92 Å². The van der Waals surface area contributed by atoms with Crippen LogP contribution in [0.4, 0.5) is 0 Å². The van der Waals surface area contributed by atoms with Gasteiger partial charge in [0.2, 0.25) is 0 Å². The highest BCUT2D eigenvalue weighted by atomic mass is 35.5. The molecule has 0 aromatic carbocycles. The van der Waals surface area contributed by atoms with Crippen molar-refractivity contribution in [3.63, 3.8) is 0 Å². The van der Waals surface area contributed by atoms with E-state index in [1.165, 1.54) is 18.2 Å². The summed E-state index contributed by atoms with van der Waals surface area (Å²) >= 11 is 5.63. The first-order chi connectivity index (χ1) is 5.77. The van der Waals surface area contributed by atoms with Crippen LogP contribution in [0.1, 0.15) is 6.92 Å². The van der Waals surface area contributed by atoms with Crippen LogP contribution in [0.15, 0.2) is 23.3 Å². The molecule has 74 valence electrons. The maximum Gasteiger partial charge on any atom is 0.288 e. The summed E-state index contributed by atoms with van der Waals surface area (Å²) in [6.07, 6.45) is 4.03. The Hall–Kier alpha value is -0.360. The first kappa shape index (κ1) is 10.7. The van der Waals surface area contributed by atoms with Gasteiger partial charge in [-0.2, -0.15) is 8.42 Å². The molecule has 6 heteroatoms. The summed E-state index contributed by atoms with van der Waals surface area (Å²) in [5, 5.41) is 0.414. The van der Waals surface area contributed by atoms with Gasteiger partial charge in [0, 0.05) is 11.0 Å². The largest absolute Gasteiger partial charge is 0.307 e. The number of hydrogen-bond donors (Lipinski definition) is 2. The fraction of sp³-hybridized carbons (Fsp3) is 0.429. The van der Waals surface area contributed by atoms with Crippen molar-refractivity contribution in [2.75, 3.05) is 0 Å². The van der Waals surface area contributed by atoms with Crippen LogP contribution in [0.3, 0.4) is 0 Å². The van der Waals surface area contributed by atoms with Crippen LogP contribution in [-0.2, 0) is 10.1 Å². The maximum atomic E-state index is 10.9.